The number of benzene rings is 2. The maximum absolute atomic E-state index is 13.0. The van der Waals surface area contributed by atoms with Gasteiger partial charge in [-0.2, -0.15) is 0 Å². The Morgan fingerprint density at radius 3 is 2.36 bits per heavy atom. The summed E-state index contributed by atoms with van der Waals surface area (Å²) in [6.07, 6.45) is 1.01. The zero-order valence-corrected chi connectivity index (χ0v) is 12.1. The highest BCUT2D eigenvalue weighted by Gasteiger charge is 2.49. The van der Waals surface area contributed by atoms with Crippen molar-refractivity contribution in [1.29, 1.82) is 0 Å². The van der Waals surface area contributed by atoms with Crippen molar-refractivity contribution in [3.63, 3.8) is 0 Å². The van der Waals surface area contributed by atoms with E-state index in [2.05, 4.69) is 5.32 Å². The van der Waals surface area contributed by atoms with Crippen LogP contribution in [-0.2, 0) is 0 Å². The van der Waals surface area contributed by atoms with E-state index in [1.165, 1.54) is 12.1 Å². The summed E-state index contributed by atoms with van der Waals surface area (Å²) in [6, 6.07) is 14.9. The number of carbonyl (C=O) groups excluding carboxylic acids is 1. The molecule has 0 bridgehead atoms. The molecule has 1 aliphatic rings. The second-order valence-electron chi connectivity index (χ2n) is 5.87. The molecular weight excluding hydrogens is 281 g/mol. The molecule has 4 heteroatoms. The molecule has 0 radical (unpaired) electrons. The third-order valence-corrected chi connectivity index (χ3v) is 4.30. The second-order valence-corrected chi connectivity index (χ2v) is 5.87. The standard InChI is InChI=1S/C18H18FNO2/c19-15-8-6-13(7-9-15)16(21)18(10-11-18)12-20-17(22)14-4-2-1-3-5-14/h1-9,16,21H,10-12H2,(H,20,22). The van der Waals surface area contributed by atoms with Crippen molar-refractivity contribution in [2.24, 2.45) is 5.41 Å². The lowest BCUT2D eigenvalue weighted by Gasteiger charge is -2.23. The second kappa shape index (κ2) is 5.89. The van der Waals surface area contributed by atoms with Gasteiger partial charge in [-0.25, -0.2) is 4.39 Å². The van der Waals surface area contributed by atoms with Crippen LogP contribution in [0.25, 0.3) is 0 Å². The highest BCUT2D eigenvalue weighted by molar-refractivity contribution is 5.94. The molecular formula is C18H18FNO2. The van der Waals surface area contributed by atoms with Crippen molar-refractivity contribution >= 4 is 5.91 Å². The molecule has 3 nitrogen and oxygen atoms in total. The van der Waals surface area contributed by atoms with Crippen LogP contribution < -0.4 is 5.32 Å². The molecule has 0 aliphatic heterocycles. The first kappa shape index (κ1) is 14.7. The van der Waals surface area contributed by atoms with E-state index >= 15 is 0 Å². The number of aliphatic hydroxyl groups excluding tert-OH is 1. The molecule has 2 aromatic carbocycles. The van der Waals surface area contributed by atoms with Gasteiger partial charge in [0.15, 0.2) is 0 Å². The topological polar surface area (TPSA) is 49.3 Å². The number of hydrogen-bond acceptors (Lipinski definition) is 2. The van der Waals surface area contributed by atoms with E-state index in [1.807, 2.05) is 18.2 Å². The Hall–Kier alpha value is -2.20. The molecule has 3 rings (SSSR count). The Morgan fingerprint density at radius 2 is 1.77 bits per heavy atom. The smallest absolute Gasteiger partial charge is 0.251 e. The Labute approximate surface area is 128 Å². The Balaban J connectivity index is 1.64. The monoisotopic (exact) mass is 299 g/mol. The van der Waals surface area contributed by atoms with Crippen LogP contribution >= 0.6 is 0 Å². The summed E-state index contributed by atoms with van der Waals surface area (Å²) in [5, 5.41) is 13.4. The van der Waals surface area contributed by atoms with Crippen LogP contribution in [0.15, 0.2) is 54.6 Å². The summed E-state index contributed by atoms with van der Waals surface area (Å²) < 4.78 is 13.0. The minimum absolute atomic E-state index is 0.141. The summed E-state index contributed by atoms with van der Waals surface area (Å²) in [6.45, 7) is 0.416. The first-order valence-corrected chi connectivity index (χ1v) is 7.37. The van der Waals surface area contributed by atoms with Gasteiger partial charge in [0, 0.05) is 17.5 Å². The maximum atomic E-state index is 13.0. The van der Waals surface area contributed by atoms with Crippen LogP contribution in [0.1, 0.15) is 34.9 Å². The van der Waals surface area contributed by atoms with Crippen LogP contribution in [0.5, 0.6) is 0 Å². The van der Waals surface area contributed by atoms with Crippen molar-refractivity contribution in [3.8, 4) is 0 Å². The third-order valence-electron chi connectivity index (χ3n) is 4.30. The molecule has 0 aromatic heterocycles. The lowest BCUT2D eigenvalue weighted by atomic mass is 9.92. The molecule has 0 spiro atoms. The highest BCUT2D eigenvalue weighted by Crippen LogP contribution is 2.54. The first-order valence-electron chi connectivity index (χ1n) is 7.37. The fraction of sp³-hybridized carbons (Fsp3) is 0.278. The number of aliphatic hydroxyl groups is 1. The van der Waals surface area contributed by atoms with E-state index in [0.717, 1.165) is 12.8 Å². The minimum Gasteiger partial charge on any atom is -0.388 e. The number of carbonyl (C=O) groups is 1. The average Bonchev–Trinajstić information content (AvgIpc) is 3.35. The molecule has 1 atom stereocenters. The number of nitrogens with one attached hydrogen (secondary N) is 1. The van der Waals surface area contributed by atoms with Crippen molar-refractivity contribution in [2.45, 2.75) is 18.9 Å². The van der Waals surface area contributed by atoms with Gasteiger partial charge in [0.2, 0.25) is 0 Å². The number of amides is 1. The molecule has 1 fully saturated rings. The van der Waals surface area contributed by atoms with Crippen LogP contribution in [0.2, 0.25) is 0 Å². The van der Waals surface area contributed by atoms with Gasteiger partial charge in [-0.15, -0.1) is 0 Å². The summed E-state index contributed by atoms with van der Waals surface area (Å²) in [5.41, 5.74) is 0.963. The van der Waals surface area contributed by atoms with Crippen molar-refractivity contribution in [3.05, 3.63) is 71.5 Å². The van der Waals surface area contributed by atoms with Crippen molar-refractivity contribution in [2.75, 3.05) is 6.54 Å². The van der Waals surface area contributed by atoms with Gasteiger partial charge >= 0.3 is 0 Å². The fourth-order valence-electron chi connectivity index (χ4n) is 2.65. The van der Waals surface area contributed by atoms with Gasteiger partial charge in [0.1, 0.15) is 5.82 Å². The van der Waals surface area contributed by atoms with Crippen molar-refractivity contribution in [1.82, 2.24) is 5.32 Å². The van der Waals surface area contributed by atoms with E-state index < -0.39 is 6.10 Å². The SMILES string of the molecule is O=C(NCC1(C(O)c2ccc(F)cc2)CC1)c1ccccc1. The van der Waals surface area contributed by atoms with Crippen LogP contribution in [-0.4, -0.2) is 17.6 Å². The van der Waals surface area contributed by atoms with Gasteiger partial charge in [-0.3, -0.25) is 4.79 Å². The molecule has 22 heavy (non-hydrogen) atoms. The van der Waals surface area contributed by atoms with Crippen LogP contribution in [0.3, 0.4) is 0 Å². The zero-order chi connectivity index (χ0) is 15.6. The summed E-state index contributed by atoms with van der Waals surface area (Å²) >= 11 is 0. The van der Waals surface area contributed by atoms with Gasteiger partial charge in [0.25, 0.3) is 5.91 Å². The molecule has 2 aromatic rings. The van der Waals surface area contributed by atoms with Gasteiger partial charge in [0.05, 0.1) is 6.10 Å². The van der Waals surface area contributed by atoms with Crippen molar-refractivity contribution < 1.29 is 14.3 Å². The van der Waals surface area contributed by atoms with Crippen LogP contribution in [0, 0.1) is 11.2 Å². The van der Waals surface area contributed by atoms with Gasteiger partial charge in [-0.1, -0.05) is 30.3 Å². The molecule has 114 valence electrons. The van der Waals surface area contributed by atoms with Crippen LogP contribution in [0.4, 0.5) is 4.39 Å². The number of halogens is 1. The Morgan fingerprint density at radius 1 is 1.14 bits per heavy atom. The highest BCUT2D eigenvalue weighted by atomic mass is 19.1. The minimum atomic E-state index is -0.691. The van der Waals surface area contributed by atoms with E-state index in [9.17, 15) is 14.3 Å². The lowest BCUT2D eigenvalue weighted by Crippen LogP contribution is -2.33. The van der Waals surface area contributed by atoms with Gasteiger partial charge < -0.3 is 10.4 Å². The fourth-order valence-corrected chi connectivity index (χ4v) is 2.65. The van der Waals surface area contributed by atoms with Gasteiger partial charge in [-0.05, 0) is 42.7 Å². The Bertz CT molecular complexity index is 651. The zero-order valence-electron chi connectivity index (χ0n) is 12.1. The molecule has 1 saturated carbocycles. The molecule has 2 N–H and O–H groups in total. The molecule has 1 unspecified atom stereocenters. The van der Waals surface area contributed by atoms with E-state index in [4.69, 9.17) is 0 Å². The van der Waals surface area contributed by atoms with E-state index in [1.54, 1.807) is 24.3 Å². The maximum Gasteiger partial charge on any atom is 0.251 e. The quantitative estimate of drug-likeness (QED) is 0.891. The number of hydrogen-bond donors (Lipinski definition) is 2. The number of rotatable bonds is 5. The molecule has 1 amide bonds. The lowest BCUT2D eigenvalue weighted by molar-refractivity contribution is 0.0807. The Kier molecular flexibility index (Phi) is 3.94. The summed E-state index contributed by atoms with van der Waals surface area (Å²) in [5.74, 6) is -0.462. The largest absolute Gasteiger partial charge is 0.388 e. The third kappa shape index (κ3) is 3.02. The molecule has 0 saturated heterocycles. The predicted octanol–water partition coefficient (Wildman–Crippen LogP) is 3.07. The summed E-state index contributed by atoms with van der Waals surface area (Å²) in [4.78, 5) is 12.1. The molecule has 1 aliphatic carbocycles. The average molecular weight is 299 g/mol. The normalized spacial score (nSPS) is 16.8. The first-order chi connectivity index (χ1) is 10.6. The van der Waals surface area contributed by atoms with E-state index in [0.29, 0.717) is 17.7 Å². The molecule has 0 heterocycles. The predicted molar refractivity (Wildman–Crippen MR) is 81.8 cm³/mol. The van der Waals surface area contributed by atoms with E-state index in [-0.39, 0.29) is 17.1 Å². The summed E-state index contributed by atoms with van der Waals surface area (Å²) in [7, 11) is 0.